The Kier molecular flexibility index (Phi) is 8.56. The molecule has 8 nitrogen and oxygen atoms in total. The largest absolute Gasteiger partial charge is 0.481 e. The highest BCUT2D eigenvalue weighted by atomic mass is 35.5. The average molecular weight is 564 g/mol. The van der Waals surface area contributed by atoms with Crippen LogP contribution in [0.15, 0.2) is 36.0 Å². The van der Waals surface area contributed by atoms with Gasteiger partial charge in [-0.05, 0) is 55.9 Å². The third-order valence-electron chi connectivity index (χ3n) is 5.96. The highest BCUT2D eigenvalue weighted by molar-refractivity contribution is 7.99. The van der Waals surface area contributed by atoms with E-state index < -0.39 is 17.8 Å². The fourth-order valence-corrected chi connectivity index (χ4v) is 6.61. The van der Waals surface area contributed by atoms with Gasteiger partial charge in [0.1, 0.15) is 16.6 Å². The number of thioether (sulfide) groups is 1. The van der Waals surface area contributed by atoms with Crippen molar-refractivity contribution in [3.05, 3.63) is 63.5 Å². The zero-order valence-electron chi connectivity index (χ0n) is 20.4. The number of rotatable bonds is 10. The van der Waals surface area contributed by atoms with Gasteiger partial charge in [0.05, 0.1) is 16.3 Å². The van der Waals surface area contributed by atoms with Crippen molar-refractivity contribution in [3.63, 3.8) is 0 Å². The number of amides is 2. The maximum absolute atomic E-state index is 13.4. The molecule has 3 aromatic rings. The smallest absolute Gasteiger partial charge is 0.251 e. The number of primary amides is 1. The molecule has 0 saturated heterocycles. The number of hydrogen-bond acceptors (Lipinski definition) is 7. The molecule has 1 aliphatic rings. The molecule has 1 aromatic carbocycles. The molecule has 12 heteroatoms. The summed E-state index contributed by atoms with van der Waals surface area (Å²) in [6.07, 6.45) is 3.78. The number of anilines is 1. The van der Waals surface area contributed by atoms with Gasteiger partial charge < -0.3 is 15.8 Å². The Morgan fingerprint density at radius 2 is 2.24 bits per heavy atom. The van der Waals surface area contributed by atoms with Gasteiger partial charge in [0.25, 0.3) is 5.91 Å². The molecule has 2 heterocycles. The average Bonchev–Trinajstić information content (AvgIpc) is 3.40. The van der Waals surface area contributed by atoms with E-state index in [-0.39, 0.29) is 16.7 Å². The van der Waals surface area contributed by atoms with E-state index >= 15 is 0 Å². The summed E-state index contributed by atoms with van der Waals surface area (Å²) in [5.41, 5.74) is 7.04. The number of nitrogens with one attached hydrogen (secondary N) is 1. The van der Waals surface area contributed by atoms with E-state index in [0.29, 0.717) is 39.8 Å². The summed E-state index contributed by atoms with van der Waals surface area (Å²) in [4.78, 5) is 26.1. The zero-order valence-corrected chi connectivity index (χ0v) is 22.8. The quantitative estimate of drug-likeness (QED) is 0.252. The number of nitrogens with zero attached hydrogens (tertiary/aromatic N) is 3. The van der Waals surface area contributed by atoms with E-state index in [2.05, 4.69) is 29.0 Å². The molecule has 2 atom stereocenters. The minimum absolute atomic E-state index is 0.0471. The first kappa shape index (κ1) is 27.2. The molecule has 2 aromatic heterocycles. The normalized spacial score (nSPS) is 15.6. The fraction of sp³-hybridized carbons (Fsp3) is 0.360. The van der Waals surface area contributed by atoms with E-state index in [0.717, 1.165) is 29.7 Å². The number of allylic oxidation sites excluding steroid dienone is 1. The highest BCUT2D eigenvalue weighted by Gasteiger charge is 2.27. The number of halogens is 2. The first-order valence-electron chi connectivity index (χ1n) is 11.7. The van der Waals surface area contributed by atoms with E-state index in [9.17, 15) is 14.0 Å². The molecule has 196 valence electrons. The predicted octanol–water partition coefficient (Wildman–Crippen LogP) is 5.41. The summed E-state index contributed by atoms with van der Waals surface area (Å²) in [6, 6.07) is 3.88. The van der Waals surface area contributed by atoms with Crippen molar-refractivity contribution in [1.29, 1.82) is 0 Å². The molecule has 0 fully saturated rings. The summed E-state index contributed by atoms with van der Waals surface area (Å²) < 4.78 is 21.0. The summed E-state index contributed by atoms with van der Waals surface area (Å²) in [5.74, 6) is 0.122. The lowest BCUT2D eigenvalue weighted by Gasteiger charge is -2.18. The molecule has 0 spiro atoms. The van der Waals surface area contributed by atoms with Gasteiger partial charge in [-0.1, -0.05) is 36.4 Å². The highest BCUT2D eigenvalue weighted by Crippen LogP contribution is 2.39. The molecular formula is C25H27ClFN5O3S2. The molecule has 1 aliphatic carbocycles. The Morgan fingerprint density at radius 3 is 2.95 bits per heavy atom. The van der Waals surface area contributed by atoms with Crippen LogP contribution < -0.4 is 15.8 Å². The number of carbonyl (C=O) groups excluding carboxylic acids is 2. The van der Waals surface area contributed by atoms with Gasteiger partial charge in [0.2, 0.25) is 5.91 Å². The minimum atomic E-state index is -0.559. The van der Waals surface area contributed by atoms with Crippen molar-refractivity contribution in [2.45, 2.75) is 50.9 Å². The fourth-order valence-electron chi connectivity index (χ4n) is 4.21. The van der Waals surface area contributed by atoms with E-state index in [1.54, 1.807) is 17.6 Å². The van der Waals surface area contributed by atoms with Crippen LogP contribution in [-0.2, 0) is 24.2 Å². The summed E-state index contributed by atoms with van der Waals surface area (Å²) in [5, 5.41) is 12.5. The maximum atomic E-state index is 13.4. The van der Waals surface area contributed by atoms with Gasteiger partial charge in [0.15, 0.2) is 17.1 Å². The van der Waals surface area contributed by atoms with Crippen LogP contribution in [0, 0.1) is 11.7 Å². The molecule has 37 heavy (non-hydrogen) atoms. The lowest BCUT2D eigenvalue weighted by Crippen LogP contribution is -2.20. The van der Waals surface area contributed by atoms with Gasteiger partial charge in [0, 0.05) is 11.4 Å². The van der Waals surface area contributed by atoms with Crippen molar-refractivity contribution in [2.24, 2.45) is 11.7 Å². The Hall–Kier alpha value is -2.89. The maximum Gasteiger partial charge on any atom is 0.251 e. The number of benzene rings is 1. The predicted molar refractivity (Wildman–Crippen MR) is 144 cm³/mol. The molecule has 2 unspecified atom stereocenters. The van der Waals surface area contributed by atoms with Crippen LogP contribution in [0.3, 0.4) is 0 Å². The van der Waals surface area contributed by atoms with Gasteiger partial charge in [-0.3, -0.25) is 14.2 Å². The molecule has 4 rings (SSSR count). The number of fused-ring (bicyclic) bond motifs is 1. The van der Waals surface area contributed by atoms with Crippen molar-refractivity contribution in [1.82, 2.24) is 14.8 Å². The number of thiophene rings is 1. The second-order valence-electron chi connectivity index (χ2n) is 8.83. The summed E-state index contributed by atoms with van der Waals surface area (Å²) >= 11 is 8.72. The number of hydrogen-bond donors (Lipinski definition) is 2. The van der Waals surface area contributed by atoms with Crippen molar-refractivity contribution in [3.8, 4) is 5.75 Å². The third kappa shape index (κ3) is 6.16. The minimum Gasteiger partial charge on any atom is -0.481 e. The Bertz CT molecular complexity index is 1340. The van der Waals surface area contributed by atoms with E-state index in [1.165, 1.54) is 41.3 Å². The number of nitrogens with two attached hydrogens (primary N) is 1. The first-order chi connectivity index (χ1) is 17.7. The monoisotopic (exact) mass is 563 g/mol. The van der Waals surface area contributed by atoms with Crippen LogP contribution in [0.2, 0.25) is 5.02 Å². The molecular weight excluding hydrogens is 537 g/mol. The second kappa shape index (κ2) is 11.7. The van der Waals surface area contributed by atoms with Gasteiger partial charge >= 0.3 is 0 Å². The summed E-state index contributed by atoms with van der Waals surface area (Å²) in [7, 11) is 0. The SMILES string of the molecule is C=CCn1c(SCC(=O)Nc2sc3c(c2C(N)=O)CCC(C)C3)nnc1C(C)Oc1ccc(F)cc1Cl. The third-order valence-corrected chi connectivity index (χ3v) is 8.39. The van der Waals surface area contributed by atoms with Gasteiger partial charge in [-0.15, -0.1) is 28.1 Å². The Labute approximate surface area is 227 Å². The molecule has 0 bridgehead atoms. The second-order valence-corrected chi connectivity index (χ2v) is 11.3. The van der Waals surface area contributed by atoms with Gasteiger partial charge in [-0.25, -0.2) is 4.39 Å². The Balaban J connectivity index is 1.46. The molecule has 0 radical (unpaired) electrons. The standard InChI is InChI=1S/C25H27ClFN5O3S2/c1-4-9-32-23(14(3)35-18-8-6-15(27)11-17(18)26)30-31-25(32)36-12-20(33)29-24-21(22(28)34)16-7-5-13(2)10-19(16)37-24/h4,6,8,11,13-14H,1,5,7,9-10,12H2,2-3H3,(H2,28,34)(H,29,33). The van der Waals surface area contributed by atoms with Crippen LogP contribution in [0.5, 0.6) is 5.75 Å². The van der Waals surface area contributed by atoms with Crippen LogP contribution in [0.1, 0.15) is 53.0 Å². The Morgan fingerprint density at radius 1 is 1.46 bits per heavy atom. The van der Waals surface area contributed by atoms with Crippen LogP contribution in [0.25, 0.3) is 0 Å². The van der Waals surface area contributed by atoms with Crippen molar-refractivity contribution in [2.75, 3.05) is 11.1 Å². The van der Waals surface area contributed by atoms with Gasteiger partial charge in [-0.2, -0.15) is 0 Å². The molecule has 3 N–H and O–H groups in total. The molecule has 0 saturated carbocycles. The van der Waals surface area contributed by atoms with Crippen molar-refractivity contribution >= 4 is 51.5 Å². The topological polar surface area (TPSA) is 112 Å². The van der Waals surface area contributed by atoms with E-state index in [4.69, 9.17) is 22.1 Å². The number of aromatic nitrogens is 3. The van der Waals surface area contributed by atoms with E-state index in [1.807, 2.05) is 0 Å². The van der Waals surface area contributed by atoms with Crippen LogP contribution in [-0.4, -0.2) is 32.3 Å². The van der Waals surface area contributed by atoms with Crippen molar-refractivity contribution < 1.29 is 18.7 Å². The zero-order chi connectivity index (χ0) is 26.7. The number of ether oxygens (including phenoxy) is 1. The summed E-state index contributed by atoms with van der Waals surface area (Å²) in [6.45, 7) is 8.12. The lowest BCUT2D eigenvalue weighted by molar-refractivity contribution is -0.113. The molecule has 0 aliphatic heterocycles. The van der Waals surface area contributed by atoms with Crippen LogP contribution >= 0.6 is 34.7 Å². The molecule has 2 amide bonds. The first-order valence-corrected chi connectivity index (χ1v) is 13.9. The van der Waals surface area contributed by atoms with Crippen LogP contribution in [0.4, 0.5) is 9.39 Å². The number of carbonyl (C=O) groups is 2. The lowest BCUT2D eigenvalue weighted by atomic mass is 9.88.